The number of fused-ring (bicyclic) bond motifs is 1. The highest BCUT2D eigenvalue weighted by atomic mass is 16.6. The Hall–Kier alpha value is -4.08. The number of likely N-dealkylation sites (N-methyl/N-ethyl adjacent to an activating group) is 1. The molecule has 0 saturated heterocycles. The van der Waals surface area contributed by atoms with E-state index >= 15 is 0 Å². The molecule has 10 nitrogen and oxygen atoms in total. The standard InChI is InChI=1S/C20H17N3O7/c1-2-21(13-7-4-3-5-8-13)16(24)12-30-17(25)11-22-19(26)14-9-6-10-15(23(28)29)18(14)20(22)27/h3-10H,2,11-12H2,1H3. The first-order chi connectivity index (χ1) is 14.3. The van der Waals surface area contributed by atoms with Crippen molar-refractivity contribution < 1.29 is 28.8 Å². The van der Waals surface area contributed by atoms with Gasteiger partial charge in [-0.3, -0.25) is 34.2 Å². The summed E-state index contributed by atoms with van der Waals surface area (Å²) in [6.45, 7) is 0.778. The van der Waals surface area contributed by atoms with E-state index in [4.69, 9.17) is 4.74 Å². The number of esters is 1. The highest BCUT2D eigenvalue weighted by Crippen LogP contribution is 2.30. The first kappa shape index (κ1) is 20.6. The maximum absolute atomic E-state index is 12.5. The Kier molecular flexibility index (Phi) is 5.86. The van der Waals surface area contributed by atoms with Crippen LogP contribution >= 0.6 is 0 Å². The second kappa shape index (κ2) is 8.52. The zero-order valence-electron chi connectivity index (χ0n) is 15.9. The predicted molar refractivity (Wildman–Crippen MR) is 104 cm³/mol. The molecule has 0 radical (unpaired) electrons. The molecule has 2 aromatic carbocycles. The van der Waals surface area contributed by atoms with E-state index in [-0.39, 0.29) is 11.1 Å². The zero-order valence-corrected chi connectivity index (χ0v) is 15.9. The quantitative estimate of drug-likeness (QED) is 0.294. The number of hydrogen-bond donors (Lipinski definition) is 0. The van der Waals surface area contributed by atoms with Gasteiger partial charge in [-0.1, -0.05) is 24.3 Å². The number of benzene rings is 2. The van der Waals surface area contributed by atoms with E-state index in [9.17, 15) is 29.3 Å². The van der Waals surface area contributed by atoms with Crippen LogP contribution < -0.4 is 4.90 Å². The fourth-order valence-electron chi connectivity index (χ4n) is 3.12. The lowest BCUT2D eigenvalue weighted by atomic mass is 10.1. The Labute approximate surface area is 170 Å². The van der Waals surface area contributed by atoms with Crippen molar-refractivity contribution >= 4 is 35.1 Å². The summed E-state index contributed by atoms with van der Waals surface area (Å²) < 4.78 is 4.93. The molecule has 0 atom stereocenters. The van der Waals surface area contributed by atoms with Crippen LogP contribution in [0.5, 0.6) is 0 Å². The van der Waals surface area contributed by atoms with Crippen LogP contribution in [-0.2, 0) is 14.3 Å². The summed E-state index contributed by atoms with van der Waals surface area (Å²) in [5.41, 5.74) is -0.399. The molecule has 0 unspecified atom stereocenters. The normalized spacial score (nSPS) is 12.5. The molecule has 1 heterocycles. The van der Waals surface area contributed by atoms with Crippen molar-refractivity contribution in [3.63, 3.8) is 0 Å². The smallest absolute Gasteiger partial charge is 0.326 e. The van der Waals surface area contributed by atoms with Crippen LogP contribution in [0.25, 0.3) is 0 Å². The van der Waals surface area contributed by atoms with E-state index in [0.29, 0.717) is 17.1 Å². The van der Waals surface area contributed by atoms with Gasteiger partial charge in [-0.05, 0) is 25.1 Å². The van der Waals surface area contributed by atoms with Crippen LogP contribution in [0.4, 0.5) is 11.4 Å². The van der Waals surface area contributed by atoms with E-state index in [2.05, 4.69) is 0 Å². The molecule has 10 heteroatoms. The lowest BCUT2D eigenvalue weighted by Gasteiger charge is -2.21. The molecule has 0 bridgehead atoms. The number of carbonyl (C=O) groups excluding carboxylic acids is 4. The van der Waals surface area contributed by atoms with Gasteiger partial charge in [0.1, 0.15) is 12.1 Å². The summed E-state index contributed by atoms with van der Waals surface area (Å²) in [5.74, 6) is -3.24. The average Bonchev–Trinajstić information content (AvgIpc) is 2.98. The number of imide groups is 1. The number of rotatable bonds is 7. The molecule has 1 aliphatic rings. The molecule has 0 spiro atoms. The third-order valence-electron chi connectivity index (χ3n) is 4.50. The van der Waals surface area contributed by atoms with Crippen molar-refractivity contribution in [2.75, 3.05) is 24.6 Å². The van der Waals surface area contributed by atoms with Crippen LogP contribution in [0.1, 0.15) is 27.6 Å². The van der Waals surface area contributed by atoms with Crippen molar-refractivity contribution in [2.24, 2.45) is 0 Å². The van der Waals surface area contributed by atoms with E-state index in [1.807, 2.05) is 0 Å². The highest BCUT2D eigenvalue weighted by Gasteiger charge is 2.42. The lowest BCUT2D eigenvalue weighted by molar-refractivity contribution is -0.385. The third kappa shape index (κ3) is 3.88. The molecule has 0 N–H and O–H groups in total. The first-order valence-corrected chi connectivity index (χ1v) is 8.99. The number of ether oxygens (including phenoxy) is 1. The second-order valence-electron chi connectivity index (χ2n) is 6.29. The second-order valence-corrected chi connectivity index (χ2v) is 6.29. The Morgan fingerprint density at radius 3 is 2.40 bits per heavy atom. The highest BCUT2D eigenvalue weighted by molar-refractivity contribution is 6.24. The summed E-state index contributed by atoms with van der Waals surface area (Å²) in [5, 5.41) is 11.1. The van der Waals surface area contributed by atoms with Crippen molar-refractivity contribution in [3.05, 3.63) is 69.8 Å². The minimum absolute atomic E-state index is 0.153. The molecule has 0 saturated carbocycles. The Bertz CT molecular complexity index is 1040. The number of hydrogen-bond acceptors (Lipinski definition) is 7. The third-order valence-corrected chi connectivity index (χ3v) is 4.50. The van der Waals surface area contributed by atoms with Crippen LogP contribution in [0.2, 0.25) is 0 Å². The average molecular weight is 411 g/mol. The van der Waals surface area contributed by atoms with Crippen molar-refractivity contribution in [3.8, 4) is 0 Å². The molecule has 3 amide bonds. The summed E-state index contributed by atoms with van der Waals surface area (Å²) in [4.78, 5) is 61.7. The molecular weight excluding hydrogens is 394 g/mol. The van der Waals surface area contributed by atoms with Crippen LogP contribution in [-0.4, -0.2) is 53.2 Å². The van der Waals surface area contributed by atoms with E-state index < -0.39 is 47.5 Å². The van der Waals surface area contributed by atoms with Gasteiger partial charge in [0, 0.05) is 18.3 Å². The Morgan fingerprint density at radius 1 is 1.07 bits per heavy atom. The summed E-state index contributed by atoms with van der Waals surface area (Å²) in [6, 6.07) is 12.4. The van der Waals surface area contributed by atoms with Gasteiger partial charge < -0.3 is 9.64 Å². The maximum Gasteiger partial charge on any atom is 0.326 e. The van der Waals surface area contributed by atoms with Gasteiger partial charge in [0.15, 0.2) is 6.61 Å². The first-order valence-electron chi connectivity index (χ1n) is 8.99. The zero-order chi connectivity index (χ0) is 21.8. The number of amides is 3. The van der Waals surface area contributed by atoms with Gasteiger partial charge in [0.05, 0.1) is 10.5 Å². The lowest BCUT2D eigenvalue weighted by Crippen LogP contribution is -2.38. The van der Waals surface area contributed by atoms with E-state index in [1.165, 1.54) is 17.0 Å². The van der Waals surface area contributed by atoms with Gasteiger partial charge in [-0.2, -0.15) is 0 Å². The number of carbonyl (C=O) groups is 4. The molecular formula is C20H17N3O7. The van der Waals surface area contributed by atoms with Gasteiger partial charge in [-0.15, -0.1) is 0 Å². The minimum Gasteiger partial charge on any atom is -0.454 e. The molecule has 0 fully saturated rings. The summed E-state index contributed by atoms with van der Waals surface area (Å²) in [6.07, 6.45) is 0. The molecule has 3 rings (SSSR count). The number of anilines is 1. The number of nitrogens with zero attached hydrogens (tertiary/aromatic N) is 3. The van der Waals surface area contributed by atoms with Crippen LogP contribution in [0.3, 0.4) is 0 Å². The fraction of sp³-hybridized carbons (Fsp3) is 0.200. The van der Waals surface area contributed by atoms with E-state index in [1.54, 1.807) is 37.3 Å². The molecule has 154 valence electrons. The van der Waals surface area contributed by atoms with Gasteiger partial charge in [-0.25, -0.2) is 0 Å². The van der Waals surface area contributed by atoms with Gasteiger partial charge in [0.25, 0.3) is 23.4 Å². The van der Waals surface area contributed by atoms with Crippen molar-refractivity contribution in [1.29, 1.82) is 0 Å². The number of nitro benzene ring substituents is 1. The maximum atomic E-state index is 12.5. The largest absolute Gasteiger partial charge is 0.454 e. The fourth-order valence-corrected chi connectivity index (χ4v) is 3.12. The molecule has 30 heavy (non-hydrogen) atoms. The summed E-state index contributed by atoms with van der Waals surface area (Å²) in [7, 11) is 0. The van der Waals surface area contributed by atoms with Crippen LogP contribution in [0, 0.1) is 10.1 Å². The summed E-state index contributed by atoms with van der Waals surface area (Å²) >= 11 is 0. The molecule has 0 aliphatic carbocycles. The number of nitro groups is 1. The Balaban J connectivity index is 1.65. The topological polar surface area (TPSA) is 127 Å². The number of para-hydroxylation sites is 1. The van der Waals surface area contributed by atoms with Gasteiger partial charge in [0.2, 0.25) is 0 Å². The van der Waals surface area contributed by atoms with E-state index in [0.717, 1.165) is 6.07 Å². The van der Waals surface area contributed by atoms with Gasteiger partial charge >= 0.3 is 5.97 Å². The minimum atomic E-state index is -0.982. The van der Waals surface area contributed by atoms with Crippen LogP contribution in [0.15, 0.2) is 48.5 Å². The molecule has 1 aliphatic heterocycles. The SMILES string of the molecule is CCN(C(=O)COC(=O)CN1C(=O)c2cccc([N+](=O)[O-])c2C1=O)c1ccccc1. The van der Waals surface area contributed by atoms with Crippen molar-refractivity contribution in [1.82, 2.24) is 4.90 Å². The Morgan fingerprint density at radius 2 is 1.77 bits per heavy atom. The predicted octanol–water partition coefficient (Wildman–Crippen LogP) is 1.79. The monoisotopic (exact) mass is 411 g/mol. The molecule has 0 aromatic heterocycles. The van der Waals surface area contributed by atoms with Crippen molar-refractivity contribution in [2.45, 2.75) is 6.92 Å². The molecule has 2 aromatic rings.